The van der Waals surface area contributed by atoms with Gasteiger partial charge in [-0.3, -0.25) is 4.79 Å². The summed E-state index contributed by atoms with van der Waals surface area (Å²) in [5.41, 5.74) is 1.25. The van der Waals surface area contributed by atoms with Crippen LogP contribution in [0, 0.1) is 11.6 Å². The number of carbonyl (C=O) groups is 1. The molecule has 0 saturated heterocycles. The van der Waals surface area contributed by atoms with Gasteiger partial charge in [-0.15, -0.1) is 0 Å². The fraction of sp³-hybridized carbons (Fsp3) is 0.0714. The zero-order valence-corrected chi connectivity index (χ0v) is 8.84. The van der Waals surface area contributed by atoms with Crippen molar-refractivity contribution in [2.75, 3.05) is 0 Å². The Morgan fingerprint density at radius 3 is 2.47 bits per heavy atom. The summed E-state index contributed by atoms with van der Waals surface area (Å²) in [6, 6.07) is 8.98. The highest BCUT2D eigenvalue weighted by atomic mass is 19.1. The SMILES string of the molecule is O=C1c2ccccc2Cc2c(F)ccc(F)c21. The Balaban J connectivity index is 2.30. The van der Waals surface area contributed by atoms with Crippen molar-refractivity contribution in [3.63, 3.8) is 0 Å². The Bertz CT molecular complexity index is 632. The van der Waals surface area contributed by atoms with E-state index in [0.29, 0.717) is 5.56 Å². The minimum absolute atomic E-state index is 0.122. The summed E-state index contributed by atoms with van der Waals surface area (Å²) >= 11 is 0. The molecule has 0 heterocycles. The van der Waals surface area contributed by atoms with Crippen molar-refractivity contribution in [2.45, 2.75) is 6.42 Å². The second kappa shape index (κ2) is 3.48. The number of benzene rings is 2. The van der Waals surface area contributed by atoms with Gasteiger partial charge >= 0.3 is 0 Å². The van der Waals surface area contributed by atoms with Crippen molar-refractivity contribution in [3.05, 3.63) is 70.3 Å². The fourth-order valence-electron chi connectivity index (χ4n) is 2.23. The first-order valence-corrected chi connectivity index (χ1v) is 5.28. The van der Waals surface area contributed by atoms with Crippen molar-refractivity contribution >= 4 is 5.78 Å². The van der Waals surface area contributed by atoms with Crippen LogP contribution in [-0.4, -0.2) is 5.78 Å². The zero-order chi connectivity index (χ0) is 12.0. The summed E-state index contributed by atoms with van der Waals surface area (Å²) in [6.07, 6.45) is 0.265. The molecular formula is C14H8F2O. The Morgan fingerprint density at radius 2 is 1.65 bits per heavy atom. The highest BCUT2D eigenvalue weighted by Gasteiger charge is 2.28. The van der Waals surface area contributed by atoms with Crippen LogP contribution in [0.2, 0.25) is 0 Å². The van der Waals surface area contributed by atoms with Gasteiger partial charge in [0, 0.05) is 17.5 Å². The molecule has 0 bridgehead atoms. The summed E-state index contributed by atoms with van der Waals surface area (Å²) in [7, 11) is 0. The van der Waals surface area contributed by atoms with E-state index in [-0.39, 0.29) is 17.5 Å². The molecule has 84 valence electrons. The normalized spacial score (nSPS) is 13.2. The molecule has 0 unspecified atom stereocenters. The Morgan fingerprint density at radius 1 is 0.941 bits per heavy atom. The van der Waals surface area contributed by atoms with Crippen LogP contribution in [0.1, 0.15) is 27.0 Å². The van der Waals surface area contributed by atoms with Crippen LogP contribution in [0.4, 0.5) is 8.78 Å². The molecule has 0 amide bonds. The number of rotatable bonds is 0. The number of ketones is 1. The minimum atomic E-state index is -0.652. The van der Waals surface area contributed by atoms with Crippen molar-refractivity contribution in [3.8, 4) is 0 Å². The molecule has 0 aromatic heterocycles. The highest BCUT2D eigenvalue weighted by Crippen LogP contribution is 2.30. The van der Waals surface area contributed by atoms with Crippen LogP contribution in [0.15, 0.2) is 36.4 Å². The number of carbonyl (C=O) groups excluding carboxylic acids is 1. The first-order valence-electron chi connectivity index (χ1n) is 5.28. The maximum absolute atomic E-state index is 13.6. The molecule has 0 atom stereocenters. The van der Waals surface area contributed by atoms with E-state index in [1.807, 2.05) is 0 Å². The summed E-state index contributed by atoms with van der Waals surface area (Å²) in [4.78, 5) is 12.1. The lowest BCUT2D eigenvalue weighted by Gasteiger charge is -2.19. The molecule has 1 aliphatic carbocycles. The predicted molar refractivity (Wildman–Crippen MR) is 59.0 cm³/mol. The molecule has 2 aromatic carbocycles. The van der Waals surface area contributed by atoms with Crippen molar-refractivity contribution in [2.24, 2.45) is 0 Å². The molecular weight excluding hydrogens is 222 g/mol. The Hall–Kier alpha value is -2.03. The Kier molecular flexibility index (Phi) is 2.08. The maximum atomic E-state index is 13.6. The van der Waals surface area contributed by atoms with Gasteiger partial charge in [-0.2, -0.15) is 0 Å². The van der Waals surface area contributed by atoms with Crippen LogP contribution >= 0.6 is 0 Å². The number of fused-ring (bicyclic) bond motifs is 2. The monoisotopic (exact) mass is 230 g/mol. The molecule has 0 aliphatic heterocycles. The van der Waals surface area contributed by atoms with Crippen LogP contribution in [0.3, 0.4) is 0 Å². The lowest BCUT2D eigenvalue weighted by atomic mass is 9.84. The summed E-state index contributed by atoms with van der Waals surface area (Å²) in [6.45, 7) is 0. The van der Waals surface area contributed by atoms with Crippen LogP contribution in [0.25, 0.3) is 0 Å². The summed E-state index contributed by atoms with van der Waals surface area (Å²) < 4.78 is 27.2. The molecule has 1 nitrogen and oxygen atoms in total. The Labute approximate surface area is 96.7 Å². The second-order valence-electron chi connectivity index (χ2n) is 4.05. The smallest absolute Gasteiger partial charge is 0.196 e. The van der Waals surface area contributed by atoms with Gasteiger partial charge in [0.05, 0.1) is 5.56 Å². The van der Waals surface area contributed by atoms with E-state index in [0.717, 1.165) is 17.7 Å². The zero-order valence-electron chi connectivity index (χ0n) is 8.84. The van der Waals surface area contributed by atoms with E-state index in [1.165, 1.54) is 0 Å². The number of hydrogen-bond acceptors (Lipinski definition) is 1. The fourth-order valence-corrected chi connectivity index (χ4v) is 2.23. The molecule has 0 N–H and O–H groups in total. The van der Waals surface area contributed by atoms with Gasteiger partial charge in [-0.25, -0.2) is 8.78 Å². The third-order valence-corrected chi connectivity index (χ3v) is 3.06. The summed E-state index contributed by atoms with van der Waals surface area (Å²) in [5.74, 6) is -1.61. The second-order valence-corrected chi connectivity index (χ2v) is 4.05. The molecule has 3 rings (SSSR count). The van der Waals surface area contributed by atoms with Crippen molar-refractivity contribution < 1.29 is 13.6 Å². The molecule has 0 radical (unpaired) electrons. The quantitative estimate of drug-likeness (QED) is 0.580. The van der Waals surface area contributed by atoms with E-state index in [9.17, 15) is 13.6 Å². The average molecular weight is 230 g/mol. The van der Waals surface area contributed by atoms with Crippen LogP contribution in [0.5, 0.6) is 0 Å². The van der Waals surface area contributed by atoms with Gasteiger partial charge in [0.15, 0.2) is 5.78 Å². The van der Waals surface area contributed by atoms with E-state index in [4.69, 9.17) is 0 Å². The van der Waals surface area contributed by atoms with E-state index >= 15 is 0 Å². The van der Waals surface area contributed by atoms with Gasteiger partial charge in [-0.1, -0.05) is 24.3 Å². The number of hydrogen-bond donors (Lipinski definition) is 0. The first kappa shape index (κ1) is 10.1. The molecule has 2 aromatic rings. The van der Waals surface area contributed by atoms with Crippen molar-refractivity contribution in [1.29, 1.82) is 0 Å². The number of halogens is 2. The topological polar surface area (TPSA) is 17.1 Å². The maximum Gasteiger partial charge on any atom is 0.196 e. The van der Waals surface area contributed by atoms with Crippen molar-refractivity contribution in [1.82, 2.24) is 0 Å². The van der Waals surface area contributed by atoms with Gasteiger partial charge in [0.25, 0.3) is 0 Å². The van der Waals surface area contributed by atoms with Gasteiger partial charge in [-0.05, 0) is 17.7 Å². The third-order valence-electron chi connectivity index (χ3n) is 3.06. The van der Waals surface area contributed by atoms with Crippen LogP contribution < -0.4 is 0 Å². The first-order chi connectivity index (χ1) is 8.18. The standard InChI is InChI=1S/C14H8F2O/c15-11-5-6-12(16)13-10(11)7-8-3-1-2-4-9(8)14(13)17/h1-6H,7H2. The minimum Gasteiger partial charge on any atom is -0.288 e. The largest absolute Gasteiger partial charge is 0.288 e. The molecule has 0 fully saturated rings. The van der Waals surface area contributed by atoms with Crippen LogP contribution in [-0.2, 0) is 6.42 Å². The van der Waals surface area contributed by atoms with E-state index in [1.54, 1.807) is 24.3 Å². The van der Waals surface area contributed by atoms with E-state index < -0.39 is 17.4 Å². The third kappa shape index (κ3) is 1.39. The highest BCUT2D eigenvalue weighted by molar-refractivity contribution is 6.12. The molecule has 1 aliphatic rings. The molecule has 0 saturated carbocycles. The molecule has 17 heavy (non-hydrogen) atoms. The lowest BCUT2D eigenvalue weighted by Crippen LogP contribution is -2.18. The van der Waals surface area contributed by atoms with Gasteiger partial charge < -0.3 is 0 Å². The lowest BCUT2D eigenvalue weighted by molar-refractivity contribution is 0.103. The predicted octanol–water partition coefficient (Wildman–Crippen LogP) is 3.10. The summed E-state index contributed by atoms with van der Waals surface area (Å²) in [5, 5.41) is 0. The van der Waals surface area contributed by atoms with Gasteiger partial charge in [0.2, 0.25) is 0 Å². The average Bonchev–Trinajstić information content (AvgIpc) is 2.34. The molecule has 0 spiro atoms. The van der Waals surface area contributed by atoms with Gasteiger partial charge in [0.1, 0.15) is 11.6 Å². The molecule has 3 heteroatoms. The van der Waals surface area contributed by atoms with E-state index in [2.05, 4.69) is 0 Å².